The Morgan fingerprint density at radius 3 is 0.929 bits per heavy atom. The minimum atomic E-state index is 0.901. The van der Waals surface area contributed by atoms with E-state index >= 15 is 0 Å². The van der Waals surface area contributed by atoms with Crippen molar-refractivity contribution in [1.82, 2.24) is 0 Å². The lowest BCUT2D eigenvalue weighted by atomic mass is 9.84. The van der Waals surface area contributed by atoms with Crippen LogP contribution in [0.5, 0.6) is 0 Å². The molecule has 13 rings (SSSR count). The summed E-state index contributed by atoms with van der Waals surface area (Å²) in [5.74, 6) is 0. The summed E-state index contributed by atoms with van der Waals surface area (Å²) < 4.78 is 14.0. The third-order valence-electron chi connectivity index (χ3n) is 12.1. The van der Waals surface area contributed by atoms with Gasteiger partial charge in [0.1, 0.15) is 22.3 Å². The van der Waals surface area contributed by atoms with Crippen LogP contribution >= 0.6 is 0 Å². The van der Waals surface area contributed by atoms with Crippen LogP contribution in [0.25, 0.3) is 131 Å². The fourth-order valence-electron chi connectivity index (χ4n) is 9.70. The Bertz CT molecular complexity index is 3510. The summed E-state index contributed by atoms with van der Waals surface area (Å²) in [6, 6.07) is 66.0. The van der Waals surface area contributed by atoms with Gasteiger partial charge in [0.15, 0.2) is 0 Å². The third-order valence-corrected chi connectivity index (χ3v) is 12.1. The van der Waals surface area contributed by atoms with Crippen LogP contribution < -0.4 is 0 Å². The van der Waals surface area contributed by atoms with Crippen LogP contribution in [0.15, 0.2) is 191 Å². The van der Waals surface area contributed by atoms with Crippen molar-refractivity contribution in [2.45, 2.75) is 0 Å². The molecule has 0 saturated heterocycles. The second-order valence-electron chi connectivity index (χ2n) is 15.1. The van der Waals surface area contributed by atoms with Crippen molar-refractivity contribution in [3.8, 4) is 22.3 Å². The minimum Gasteiger partial charge on any atom is -0.455 e. The molecule has 2 heteroatoms. The average molecular weight is 711 g/mol. The Kier molecular flexibility index (Phi) is 5.92. The van der Waals surface area contributed by atoms with E-state index < -0.39 is 0 Å². The highest BCUT2D eigenvalue weighted by atomic mass is 16.3. The molecule has 56 heavy (non-hydrogen) atoms. The highest BCUT2D eigenvalue weighted by Gasteiger charge is 2.25. The van der Waals surface area contributed by atoms with Gasteiger partial charge in [0, 0.05) is 43.8 Å². The molecule has 2 aromatic heterocycles. The Balaban J connectivity index is 1.20. The quantitative estimate of drug-likeness (QED) is 0.167. The zero-order valence-electron chi connectivity index (χ0n) is 30.1. The van der Waals surface area contributed by atoms with Crippen LogP contribution in [0, 0.1) is 0 Å². The molecule has 0 fully saturated rings. The van der Waals surface area contributed by atoms with Crippen LogP contribution in [-0.4, -0.2) is 0 Å². The van der Waals surface area contributed by atoms with Crippen molar-refractivity contribution in [3.63, 3.8) is 0 Å². The summed E-state index contributed by atoms with van der Waals surface area (Å²) in [4.78, 5) is 0. The van der Waals surface area contributed by atoms with Crippen LogP contribution in [0.4, 0.5) is 0 Å². The Labute approximate surface area is 320 Å². The fourth-order valence-corrected chi connectivity index (χ4v) is 9.70. The first-order chi connectivity index (χ1) is 27.8. The molecular formula is C54H30O2. The lowest BCUT2D eigenvalue weighted by Gasteiger charge is -2.19. The van der Waals surface area contributed by atoms with Crippen molar-refractivity contribution in [1.29, 1.82) is 0 Å². The SMILES string of the molecule is c1ccc2cc3c(cc2c1)oc1c(-c2c4ccccc4c(-c4cc5ccccc5c5c4oc4cc6ccccc6cc45)c4ccccc24)cc2ccccc2c13. The molecule has 0 spiro atoms. The van der Waals surface area contributed by atoms with E-state index in [-0.39, 0.29) is 0 Å². The predicted octanol–water partition coefficient (Wildman–Crippen LogP) is 15.7. The van der Waals surface area contributed by atoms with Crippen LogP contribution in [0.1, 0.15) is 0 Å². The first-order valence-electron chi connectivity index (χ1n) is 19.2. The molecule has 2 heterocycles. The molecule has 0 N–H and O–H groups in total. The zero-order chi connectivity index (χ0) is 36.5. The topological polar surface area (TPSA) is 26.3 Å². The van der Waals surface area contributed by atoms with Gasteiger partial charge in [-0.05, 0) is 101 Å². The summed E-state index contributed by atoms with van der Waals surface area (Å²) in [7, 11) is 0. The van der Waals surface area contributed by atoms with Crippen molar-refractivity contribution in [3.05, 3.63) is 182 Å². The molecule has 0 atom stereocenters. The van der Waals surface area contributed by atoms with E-state index in [0.29, 0.717) is 0 Å². The first kappa shape index (κ1) is 30.0. The molecule has 0 aliphatic rings. The predicted molar refractivity (Wildman–Crippen MR) is 237 cm³/mol. The van der Waals surface area contributed by atoms with Gasteiger partial charge in [-0.25, -0.2) is 0 Å². The number of benzene rings is 11. The van der Waals surface area contributed by atoms with E-state index in [9.17, 15) is 0 Å². The van der Waals surface area contributed by atoms with Gasteiger partial charge < -0.3 is 8.83 Å². The van der Waals surface area contributed by atoms with Crippen molar-refractivity contribution < 1.29 is 8.83 Å². The largest absolute Gasteiger partial charge is 0.455 e. The molecule has 0 radical (unpaired) electrons. The Morgan fingerprint density at radius 1 is 0.250 bits per heavy atom. The molecule has 0 amide bonds. The van der Waals surface area contributed by atoms with E-state index in [1.807, 2.05) is 0 Å². The lowest BCUT2D eigenvalue weighted by molar-refractivity contribution is 0.670. The second-order valence-corrected chi connectivity index (χ2v) is 15.1. The van der Waals surface area contributed by atoms with Crippen molar-refractivity contribution in [2.75, 3.05) is 0 Å². The van der Waals surface area contributed by atoms with E-state index in [1.54, 1.807) is 0 Å². The first-order valence-corrected chi connectivity index (χ1v) is 19.2. The maximum Gasteiger partial charge on any atom is 0.143 e. The van der Waals surface area contributed by atoms with E-state index in [2.05, 4.69) is 182 Å². The van der Waals surface area contributed by atoms with Gasteiger partial charge in [-0.3, -0.25) is 0 Å². The molecule has 0 bridgehead atoms. The van der Waals surface area contributed by atoms with Crippen LogP contribution in [0.2, 0.25) is 0 Å². The molecular weight excluding hydrogens is 681 g/mol. The van der Waals surface area contributed by atoms with Gasteiger partial charge in [0.2, 0.25) is 0 Å². The standard InChI is InChI=1S/C54H30O2/c1-3-15-33-29-47-43(25-31(33)13-1)51-37-19-7-5-17-35(37)27-45(53(51)55-47)49-39-21-9-11-23-41(39)50(42-24-12-10-22-40(42)49)46-28-36-18-6-8-20-38(36)52-44-26-32-14-2-4-16-34(32)30-48(44)56-54(46)52/h1-30H. The zero-order valence-corrected chi connectivity index (χ0v) is 30.1. The normalized spacial score (nSPS) is 12.3. The molecule has 13 aromatic rings. The number of fused-ring (bicyclic) bond motifs is 14. The highest BCUT2D eigenvalue weighted by Crippen LogP contribution is 2.51. The van der Waals surface area contributed by atoms with E-state index in [0.717, 1.165) is 55.0 Å². The van der Waals surface area contributed by atoms with Crippen LogP contribution in [0.3, 0.4) is 0 Å². The van der Waals surface area contributed by atoms with Gasteiger partial charge in [0.05, 0.1) is 0 Å². The molecule has 0 aliphatic carbocycles. The summed E-state index contributed by atoms with van der Waals surface area (Å²) in [6.07, 6.45) is 0. The Hall–Kier alpha value is -7.42. The number of hydrogen-bond acceptors (Lipinski definition) is 2. The summed E-state index contributed by atoms with van der Waals surface area (Å²) in [5.41, 5.74) is 8.16. The third kappa shape index (κ3) is 4.05. The maximum atomic E-state index is 7.02. The summed E-state index contributed by atoms with van der Waals surface area (Å²) in [5, 5.41) is 18.8. The molecule has 258 valence electrons. The number of furan rings is 2. The van der Waals surface area contributed by atoms with Gasteiger partial charge in [-0.2, -0.15) is 0 Å². The van der Waals surface area contributed by atoms with E-state index in [1.165, 1.54) is 75.8 Å². The molecule has 11 aromatic carbocycles. The average Bonchev–Trinajstić information content (AvgIpc) is 3.82. The molecule has 2 nitrogen and oxygen atoms in total. The minimum absolute atomic E-state index is 0.901. The molecule has 0 saturated carbocycles. The molecule has 0 aliphatic heterocycles. The monoisotopic (exact) mass is 710 g/mol. The van der Waals surface area contributed by atoms with Gasteiger partial charge in [0.25, 0.3) is 0 Å². The van der Waals surface area contributed by atoms with Crippen molar-refractivity contribution in [2.24, 2.45) is 0 Å². The number of rotatable bonds is 2. The highest BCUT2D eigenvalue weighted by molar-refractivity contribution is 6.31. The second kappa shape index (κ2) is 11.1. The van der Waals surface area contributed by atoms with Gasteiger partial charge >= 0.3 is 0 Å². The van der Waals surface area contributed by atoms with Crippen LogP contribution in [-0.2, 0) is 0 Å². The smallest absolute Gasteiger partial charge is 0.143 e. The maximum absolute atomic E-state index is 7.02. The van der Waals surface area contributed by atoms with E-state index in [4.69, 9.17) is 8.83 Å². The number of hydrogen-bond donors (Lipinski definition) is 0. The summed E-state index contributed by atoms with van der Waals surface area (Å²) >= 11 is 0. The van der Waals surface area contributed by atoms with Gasteiger partial charge in [-0.15, -0.1) is 0 Å². The van der Waals surface area contributed by atoms with Gasteiger partial charge in [-0.1, -0.05) is 146 Å². The molecule has 0 unspecified atom stereocenters. The lowest BCUT2D eigenvalue weighted by Crippen LogP contribution is -1.92. The summed E-state index contributed by atoms with van der Waals surface area (Å²) in [6.45, 7) is 0. The Morgan fingerprint density at radius 2 is 0.554 bits per heavy atom. The van der Waals surface area contributed by atoms with Crippen molar-refractivity contribution >= 4 is 109 Å². The fraction of sp³-hybridized carbons (Fsp3) is 0.